The fourth-order valence-corrected chi connectivity index (χ4v) is 3.99. The Labute approximate surface area is 172 Å². The molecule has 0 atom stereocenters. The Balaban J connectivity index is 1.64. The van der Waals surface area contributed by atoms with E-state index in [1.54, 1.807) is 12.1 Å². The molecule has 28 heavy (non-hydrogen) atoms. The lowest BCUT2D eigenvalue weighted by Crippen LogP contribution is -2.19. The second-order valence-corrected chi connectivity index (χ2v) is 7.60. The van der Waals surface area contributed by atoms with Crippen molar-refractivity contribution in [3.8, 4) is 0 Å². The van der Waals surface area contributed by atoms with Gasteiger partial charge in [0.25, 0.3) is 0 Å². The number of aryl methyl sites for hydroxylation is 1. The summed E-state index contributed by atoms with van der Waals surface area (Å²) in [6.07, 6.45) is 3.69. The molecule has 0 N–H and O–H groups in total. The van der Waals surface area contributed by atoms with Gasteiger partial charge in [-0.2, -0.15) is 0 Å². The normalized spacial score (nSPS) is 13.2. The van der Waals surface area contributed by atoms with E-state index in [9.17, 15) is 9.59 Å². The number of fused-ring (bicyclic) bond motifs is 2. The van der Waals surface area contributed by atoms with Crippen molar-refractivity contribution in [2.45, 2.75) is 25.7 Å². The van der Waals surface area contributed by atoms with Crippen molar-refractivity contribution in [3.63, 3.8) is 0 Å². The first-order valence-electron chi connectivity index (χ1n) is 9.10. The average molecular weight is 414 g/mol. The van der Waals surface area contributed by atoms with Gasteiger partial charge in [0.05, 0.1) is 16.1 Å². The van der Waals surface area contributed by atoms with Gasteiger partial charge >= 0.3 is 5.97 Å². The first kappa shape index (κ1) is 18.9. The SMILES string of the molecule is O=C(COC(=O)c1c2c(nc3ccccc13)CCCC2)c1cc(Cl)ccc1Cl. The molecule has 0 aliphatic heterocycles. The van der Waals surface area contributed by atoms with Crippen molar-refractivity contribution in [3.05, 3.63) is 74.9 Å². The minimum absolute atomic E-state index is 0.239. The minimum atomic E-state index is -0.511. The number of ether oxygens (including phenoxy) is 1. The number of para-hydroxylation sites is 1. The topological polar surface area (TPSA) is 56.3 Å². The highest BCUT2D eigenvalue weighted by atomic mass is 35.5. The lowest BCUT2D eigenvalue weighted by Gasteiger charge is -2.19. The maximum Gasteiger partial charge on any atom is 0.339 e. The molecule has 0 spiro atoms. The Bertz CT molecular complexity index is 1090. The third-order valence-corrected chi connectivity index (χ3v) is 5.50. The fraction of sp³-hybridized carbons (Fsp3) is 0.227. The maximum absolute atomic E-state index is 13.0. The molecule has 1 heterocycles. The Morgan fingerprint density at radius 3 is 2.68 bits per heavy atom. The van der Waals surface area contributed by atoms with Crippen molar-refractivity contribution in [2.24, 2.45) is 0 Å². The van der Waals surface area contributed by atoms with Crippen LogP contribution in [-0.2, 0) is 17.6 Å². The van der Waals surface area contributed by atoms with Crippen molar-refractivity contribution in [1.82, 2.24) is 4.98 Å². The van der Waals surface area contributed by atoms with Gasteiger partial charge in [-0.05, 0) is 55.5 Å². The number of esters is 1. The zero-order valence-corrected chi connectivity index (χ0v) is 16.5. The summed E-state index contributed by atoms with van der Waals surface area (Å²) in [5.74, 6) is -0.906. The van der Waals surface area contributed by atoms with Crippen LogP contribution in [0.15, 0.2) is 42.5 Å². The van der Waals surface area contributed by atoms with Gasteiger partial charge in [0, 0.05) is 21.7 Å². The number of Topliss-reactive ketones (excluding diaryl/α,β-unsaturated/α-hetero) is 1. The number of carbonyl (C=O) groups excluding carboxylic acids is 2. The predicted octanol–water partition coefficient (Wildman–Crippen LogP) is 5.46. The van der Waals surface area contributed by atoms with E-state index in [0.717, 1.165) is 47.8 Å². The molecule has 0 bridgehead atoms. The summed E-state index contributed by atoms with van der Waals surface area (Å²) in [4.78, 5) is 30.1. The Kier molecular flexibility index (Phi) is 5.33. The van der Waals surface area contributed by atoms with Gasteiger partial charge in [0.15, 0.2) is 6.61 Å². The van der Waals surface area contributed by atoms with Gasteiger partial charge < -0.3 is 4.74 Å². The summed E-state index contributed by atoms with van der Waals surface area (Å²) in [6, 6.07) is 12.1. The molecular weight excluding hydrogens is 397 g/mol. The van der Waals surface area contributed by atoms with E-state index in [-0.39, 0.29) is 10.6 Å². The van der Waals surface area contributed by atoms with Crippen LogP contribution in [0.2, 0.25) is 10.0 Å². The van der Waals surface area contributed by atoms with E-state index >= 15 is 0 Å². The van der Waals surface area contributed by atoms with Crippen molar-refractivity contribution in [1.29, 1.82) is 0 Å². The van der Waals surface area contributed by atoms with E-state index in [0.29, 0.717) is 10.6 Å². The highest BCUT2D eigenvalue weighted by Crippen LogP contribution is 2.30. The smallest absolute Gasteiger partial charge is 0.339 e. The minimum Gasteiger partial charge on any atom is -0.454 e. The quantitative estimate of drug-likeness (QED) is 0.420. The number of hydrogen-bond acceptors (Lipinski definition) is 4. The van der Waals surface area contributed by atoms with Crippen LogP contribution in [0.3, 0.4) is 0 Å². The summed E-state index contributed by atoms with van der Waals surface area (Å²) in [5.41, 5.74) is 3.40. The van der Waals surface area contributed by atoms with Crippen LogP contribution in [0.4, 0.5) is 0 Å². The lowest BCUT2D eigenvalue weighted by molar-refractivity contribution is 0.0475. The van der Waals surface area contributed by atoms with E-state index in [4.69, 9.17) is 32.9 Å². The number of nitrogens with zero attached hydrogens (tertiary/aromatic N) is 1. The fourth-order valence-electron chi connectivity index (χ4n) is 3.60. The van der Waals surface area contributed by atoms with Crippen molar-refractivity contribution in [2.75, 3.05) is 6.61 Å². The van der Waals surface area contributed by atoms with E-state index < -0.39 is 18.4 Å². The van der Waals surface area contributed by atoms with Gasteiger partial charge in [-0.25, -0.2) is 4.79 Å². The van der Waals surface area contributed by atoms with Gasteiger partial charge in [0.2, 0.25) is 5.78 Å². The molecular formula is C22H17Cl2NO3. The van der Waals surface area contributed by atoms with Crippen LogP contribution in [-0.4, -0.2) is 23.3 Å². The first-order chi connectivity index (χ1) is 13.5. The third-order valence-electron chi connectivity index (χ3n) is 4.94. The zero-order valence-electron chi connectivity index (χ0n) is 15.0. The van der Waals surface area contributed by atoms with Crippen LogP contribution >= 0.6 is 23.2 Å². The second kappa shape index (κ2) is 7.90. The van der Waals surface area contributed by atoms with E-state index in [1.165, 1.54) is 6.07 Å². The molecule has 0 amide bonds. The standard InChI is InChI=1S/C22H17Cl2NO3/c23-13-9-10-17(24)16(11-13)20(26)12-28-22(27)21-14-5-1-3-7-18(14)25-19-8-4-2-6-15(19)21/h1,3,5,7,9-11H,2,4,6,8,12H2. The summed E-state index contributed by atoms with van der Waals surface area (Å²) in [7, 11) is 0. The highest BCUT2D eigenvalue weighted by Gasteiger charge is 2.24. The van der Waals surface area contributed by atoms with Crippen molar-refractivity contribution >= 4 is 45.9 Å². The van der Waals surface area contributed by atoms with E-state index in [1.807, 2.05) is 24.3 Å². The van der Waals surface area contributed by atoms with Crippen LogP contribution in [0.25, 0.3) is 10.9 Å². The Morgan fingerprint density at radius 2 is 1.82 bits per heavy atom. The Morgan fingerprint density at radius 1 is 1.04 bits per heavy atom. The number of rotatable bonds is 4. The van der Waals surface area contributed by atoms with Crippen LogP contribution < -0.4 is 0 Å². The highest BCUT2D eigenvalue weighted by molar-refractivity contribution is 6.36. The lowest BCUT2D eigenvalue weighted by atomic mass is 9.90. The van der Waals surface area contributed by atoms with Gasteiger partial charge in [-0.1, -0.05) is 41.4 Å². The molecule has 142 valence electrons. The molecule has 2 aromatic carbocycles. The van der Waals surface area contributed by atoms with Crippen LogP contribution in [0.1, 0.15) is 44.8 Å². The number of pyridine rings is 1. The summed E-state index contributed by atoms with van der Waals surface area (Å²) >= 11 is 12.0. The monoisotopic (exact) mass is 413 g/mol. The summed E-state index contributed by atoms with van der Waals surface area (Å²) in [5, 5.41) is 1.42. The largest absolute Gasteiger partial charge is 0.454 e. The molecule has 0 saturated carbocycles. The average Bonchev–Trinajstić information content (AvgIpc) is 2.71. The van der Waals surface area contributed by atoms with Crippen LogP contribution in [0.5, 0.6) is 0 Å². The molecule has 1 aliphatic rings. The molecule has 4 rings (SSSR count). The van der Waals surface area contributed by atoms with Crippen LogP contribution in [0, 0.1) is 0 Å². The zero-order chi connectivity index (χ0) is 19.7. The number of ketones is 1. The maximum atomic E-state index is 13.0. The number of aromatic nitrogens is 1. The van der Waals surface area contributed by atoms with E-state index in [2.05, 4.69) is 0 Å². The summed E-state index contributed by atoms with van der Waals surface area (Å²) < 4.78 is 5.40. The molecule has 4 nitrogen and oxygen atoms in total. The number of hydrogen-bond donors (Lipinski definition) is 0. The third kappa shape index (κ3) is 3.62. The first-order valence-corrected chi connectivity index (χ1v) is 9.86. The molecule has 0 saturated heterocycles. The Hall–Kier alpha value is -2.43. The number of halogens is 2. The molecule has 3 aromatic rings. The molecule has 0 unspecified atom stereocenters. The molecule has 6 heteroatoms. The molecule has 1 aromatic heterocycles. The second-order valence-electron chi connectivity index (χ2n) is 6.76. The molecule has 1 aliphatic carbocycles. The predicted molar refractivity (Wildman–Crippen MR) is 109 cm³/mol. The molecule has 0 radical (unpaired) electrons. The summed E-state index contributed by atoms with van der Waals surface area (Å²) in [6.45, 7) is -0.398. The number of benzene rings is 2. The molecule has 0 fully saturated rings. The van der Waals surface area contributed by atoms with Gasteiger partial charge in [-0.3, -0.25) is 9.78 Å². The van der Waals surface area contributed by atoms with Gasteiger partial charge in [-0.15, -0.1) is 0 Å². The number of carbonyl (C=O) groups is 2. The van der Waals surface area contributed by atoms with Crippen molar-refractivity contribution < 1.29 is 14.3 Å². The van der Waals surface area contributed by atoms with Gasteiger partial charge in [0.1, 0.15) is 0 Å².